The highest BCUT2D eigenvalue weighted by molar-refractivity contribution is 9.09. The summed E-state index contributed by atoms with van der Waals surface area (Å²) in [6.45, 7) is 7.71. The van der Waals surface area contributed by atoms with Crippen LogP contribution in [0.1, 0.15) is 30.9 Å². The first-order chi connectivity index (χ1) is 8.06. The van der Waals surface area contributed by atoms with Gasteiger partial charge < -0.3 is 4.90 Å². The average molecular weight is 298 g/mol. The zero-order valence-electron chi connectivity index (χ0n) is 11.5. The zero-order chi connectivity index (χ0) is 12.8. The normalized spacial score (nSPS) is 12.5. The molecule has 0 bridgehead atoms. The standard InChI is InChI=1S/C15H24BrN/c1-5-6-14(10-16)11-17(4)15-8-12(2)7-13(3)9-15/h7-9,14H,5-6,10-11H2,1-4H3. The lowest BCUT2D eigenvalue weighted by atomic mass is 10.0. The molecular weight excluding hydrogens is 274 g/mol. The number of hydrogen-bond donors (Lipinski definition) is 0. The molecule has 17 heavy (non-hydrogen) atoms. The van der Waals surface area contributed by atoms with Crippen molar-refractivity contribution in [2.45, 2.75) is 33.6 Å². The van der Waals surface area contributed by atoms with E-state index in [-0.39, 0.29) is 0 Å². The molecule has 0 N–H and O–H groups in total. The zero-order valence-corrected chi connectivity index (χ0v) is 13.0. The third-order valence-electron chi connectivity index (χ3n) is 3.09. The Morgan fingerprint density at radius 1 is 1.18 bits per heavy atom. The van der Waals surface area contributed by atoms with E-state index in [1.165, 1.54) is 29.7 Å². The summed E-state index contributed by atoms with van der Waals surface area (Å²) in [5, 5.41) is 1.09. The smallest absolute Gasteiger partial charge is 0.0369 e. The van der Waals surface area contributed by atoms with Gasteiger partial charge in [-0.2, -0.15) is 0 Å². The summed E-state index contributed by atoms with van der Waals surface area (Å²) in [5.74, 6) is 0.741. The van der Waals surface area contributed by atoms with Crippen molar-refractivity contribution in [3.8, 4) is 0 Å². The molecular formula is C15H24BrN. The third kappa shape index (κ3) is 4.71. The van der Waals surface area contributed by atoms with Gasteiger partial charge >= 0.3 is 0 Å². The molecule has 2 heteroatoms. The van der Waals surface area contributed by atoms with Gasteiger partial charge in [-0.25, -0.2) is 0 Å². The first-order valence-corrected chi connectivity index (χ1v) is 7.54. The van der Waals surface area contributed by atoms with E-state index in [9.17, 15) is 0 Å². The summed E-state index contributed by atoms with van der Waals surface area (Å²) in [5.41, 5.74) is 4.03. The average Bonchev–Trinajstić information content (AvgIpc) is 2.27. The van der Waals surface area contributed by atoms with Crippen molar-refractivity contribution < 1.29 is 0 Å². The first kappa shape index (κ1) is 14.6. The van der Waals surface area contributed by atoms with Gasteiger partial charge in [0, 0.05) is 24.6 Å². The fourth-order valence-electron chi connectivity index (χ4n) is 2.29. The van der Waals surface area contributed by atoms with Gasteiger partial charge in [0.05, 0.1) is 0 Å². The molecule has 0 spiro atoms. The summed E-state index contributed by atoms with van der Waals surface area (Å²) in [7, 11) is 2.19. The molecule has 1 unspecified atom stereocenters. The molecule has 0 aliphatic heterocycles. The minimum absolute atomic E-state index is 0.741. The highest BCUT2D eigenvalue weighted by Gasteiger charge is 2.10. The van der Waals surface area contributed by atoms with E-state index in [1.807, 2.05) is 0 Å². The van der Waals surface area contributed by atoms with Crippen molar-refractivity contribution in [2.24, 2.45) is 5.92 Å². The van der Waals surface area contributed by atoms with Crippen LogP contribution in [0, 0.1) is 19.8 Å². The van der Waals surface area contributed by atoms with Gasteiger partial charge in [0.25, 0.3) is 0 Å². The van der Waals surface area contributed by atoms with Crippen LogP contribution in [-0.2, 0) is 0 Å². The summed E-state index contributed by atoms with van der Waals surface area (Å²) in [6.07, 6.45) is 2.55. The molecule has 96 valence electrons. The summed E-state index contributed by atoms with van der Waals surface area (Å²) < 4.78 is 0. The predicted octanol–water partition coefficient (Wildman–Crippen LogP) is 4.55. The quantitative estimate of drug-likeness (QED) is 0.696. The van der Waals surface area contributed by atoms with Crippen LogP contribution in [0.2, 0.25) is 0 Å². The van der Waals surface area contributed by atoms with Crippen LogP contribution in [0.15, 0.2) is 18.2 Å². The van der Waals surface area contributed by atoms with Gasteiger partial charge in [-0.05, 0) is 49.4 Å². The van der Waals surface area contributed by atoms with Crippen molar-refractivity contribution in [1.29, 1.82) is 0 Å². The van der Waals surface area contributed by atoms with Crippen LogP contribution >= 0.6 is 15.9 Å². The van der Waals surface area contributed by atoms with Gasteiger partial charge in [0.15, 0.2) is 0 Å². The Hall–Kier alpha value is -0.500. The topological polar surface area (TPSA) is 3.24 Å². The number of benzene rings is 1. The second-order valence-electron chi connectivity index (χ2n) is 5.04. The Kier molecular flexibility index (Phi) is 6.04. The van der Waals surface area contributed by atoms with E-state index in [0.717, 1.165) is 17.8 Å². The molecule has 0 fully saturated rings. The number of halogens is 1. The third-order valence-corrected chi connectivity index (χ3v) is 4.01. The van der Waals surface area contributed by atoms with Gasteiger partial charge in [-0.1, -0.05) is 35.3 Å². The largest absolute Gasteiger partial charge is 0.374 e. The highest BCUT2D eigenvalue weighted by atomic mass is 79.9. The van der Waals surface area contributed by atoms with E-state index in [4.69, 9.17) is 0 Å². The lowest BCUT2D eigenvalue weighted by Crippen LogP contribution is -2.26. The van der Waals surface area contributed by atoms with Gasteiger partial charge in [-0.15, -0.1) is 0 Å². The van der Waals surface area contributed by atoms with Crippen LogP contribution in [-0.4, -0.2) is 18.9 Å². The fraction of sp³-hybridized carbons (Fsp3) is 0.600. The summed E-state index contributed by atoms with van der Waals surface area (Å²) >= 11 is 3.62. The number of anilines is 1. The fourth-order valence-corrected chi connectivity index (χ4v) is 2.82. The van der Waals surface area contributed by atoms with Crippen LogP contribution in [0.3, 0.4) is 0 Å². The maximum atomic E-state index is 3.62. The second-order valence-corrected chi connectivity index (χ2v) is 5.68. The van der Waals surface area contributed by atoms with Gasteiger partial charge in [0.2, 0.25) is 0 Å². The van der Waals surface area contributed by atoms with Crippen molar-refractivity contribution in [3.63, 3.8) is 0 Å². The molecule has 0 aromatic heterocycles. The van der Waals surface area contributed by atoms with Gasteiger partial charge in [-0.3, -0.25) is 0 Å². The molecule has 0 radical (unpaired) electrons. The van der Waals surface area contributed by atoms with Crippen molar-refractivity contribution >= 4 is 21.6 Å². The van der Waals surface area contributed by atoms with E-state index in [1.54, 1.807) is 0 Å². The summed E-state index contributed by atoms with van der Waals surface area (Å²) in [4.78, 5) is 2.38. The molecule has 0 aliphatic rings. The molecule has 1 atom stereocenters. The Balaban J connectivity index is 2.71. The molecule has 1 aromatic rings. The maximum absolute atomic E-state index is 3.62. The molecule has 1 nitrogen and oxygen atoms in total. The predicted molar refractivity (Wildman–Crippen MR) is 81.4 cm³/mol. The van der Waals surface area contributed by atoms with Crippen molar-refractivity contribution in [2.75, 3.05) is 23.8 Å². The summed E-state index contributed by atoms with van der Waals surface area (Å²) in [6, 6.07) is 6.76. The SMILES string of the molecule is CCCC(CBr)CN(C)c1cc(C)cc(C)c1. The van der Waals surface area contributed by atoms with Crippen molar-refractivity contribution in [1.82, 2.24) is 0 Å². The minimum atomic E-state index is 0.741. The Bertz CT molecular complexity index is 329. The number of alkyl halides is 1. The Morgan fingerprint density at radius 3 is 2.24 bits per heavy atom. The molecule has 0 saturated carbocycles. The lowest BCUT2D eigenvalue weighted by molar-refractivity contribution is 0.535. The molecule has 1 aromatic carbocycles. The number of hydrogen-bond acceptors (Lipinski definition) is 1. The van der Waals surface area contributed by atoms with Crippen LogP contribution in [0.4, 0.5) is 5.69 Å². The van der Waals surface area contributed by atoms with Gasteiger partial charge in [0.1, 0.15) is 0 Å². The molecule has 0 heterocycles. The molecule has 1 rings (SSSR count). The number of aryl methyl sites for hydroxylation is 2. The second kappa shape index (κ2) is 7.05. The number of nitrogens with zero attached hydrogens (tertiary/aromatic N) is 1. The van der Waals surface area contributed by atoms with E-state index in [0.29, 0.717) is 0 Å². The first-order valence-electron chi connectivity index (χ1n) is 6.42. The highest BCUT2D eigenvalue weighted by Crippen LogP contribution is 2.20. The minimum Gasteiger partial charge on any atom is -0.374 e. The van der Waals surface area contributed by atoms with Crippen LogP contribution in [0.25, 0.3) is 0 Å². The molecule has 0 aliphatic carbocycles. The maximum Gasteiger partial charge on any atom is 0.0369 e. The molecule has 0 saturated heterocycles. The lowest BCUT2D eigenvalue weighted by Gasteiger charge is -2.25. The van der Waals surface area contributed by atoms with Crippen LogP contribution in [0.5, 0.6) is 0 Å². The monoisotopic (exact) mass is 297 g/mol. The van der Waals surface area contributed by atoms with Crippen molar-refractivity contribution in [3.05, 3.63) is 29.3 Å². The number of rotatable bonds is 6. The van der Waals surface area contributed by atoms with Crippen LogP contribution < -0.4 is 4.90 Å². The van der Waals surface area contributed by atoms with E-state index < -0.39 is 0 Å². The Labute approximate surface area is 114 Å². The Morgan fingerprint density at radius 2 is 1.76 bits per heavy atom. The molecule has 0 amide bonds. The van der Waals surface area contributed by atoms with E-state index >= 15 is 0 Å². The van der Waals surface area contributed by atoms with E-state index in [2.05, 4.69) is 66.8 Å².